The molecule has 2 aromatic carbocycles. The highest BCUT2D eigenvalue weighted by molar-refractivity contribution is 7.89. The molecule has 1 amide bonds. The average Bonchev–Trinajstić information content (AvgIpc) is 2.59. The molecular formula is C18H18N2O4S. The van der Waals surface area contributed by atoms with Crippen LogP contribution in [-0.4, -0.2) is 20.4 Å². The fourth-order valence-electron chi connectivity index (χ4n) is 2.45. The van der Waals surface area contributed by atoms with Crippen LogP contribution in [0, 0.1) is 0 Å². The lowest BCUT2D eigenvalue weighted by molar-refractivity contribution is -0.123. The fourth-order valence-corrected chi connectivity index (χ4v) is 3.68. The Morgan fingerprint density at radius 1 is 1.04 bits per heavy atom. The van der Waals surface area contributed by atoms with Gasteiger partial charge in [0.15, 0.2) is 0 Å². The Morgan fingerprint density at radius 3 is 2.32 bits per heavy atom. The van der Waals surface area contributed by atoms with Gasteiger partial charge < -0.3 is 10.1 Å². The molecule has 0 spiro atoms. The molecule has 0 radical (unpaired) electrons. The van der Waals surface area contributed by atoms with Crippen molar-refractivity contribution in [3.05, 3.63) is 66.9 Å². The standard InChI is InChI=1S/C18H18N2O4S/c1-13-7-12-17(18(21)19-13)20-25(22,23)16-10-8-15(9-11-16)24-14-5-3-2-4-6-14/h2-6,8-11,17,20H,1,7,12H2,(H,19,21). The van der Waals surface area contributed by atoms with Crippen molar-refractivity contribution in [2.45, 2.75) is 23.8 Å². The molecule has 1 aliphatic heterocycles. The van der Waals surface area contributed by atoms with Gasteiger partial charge in [-0.05, 0) is 49.2 Å². The first-order valence-corrected chi connectivity index (χ1v) is 9.26. The molecule has 0 saturated carbocycles. The van der Waals surface area contributed by atoms with Gasteiger partial charge in [-0.25, -0.2) is 8.42 Å². The molecule has 130 valence electrons. The van der Waals surface area contributed by atoms with E-state index in [1.165, 1.54) is 12.1 Å². The zero-order valence-electron chi connectivity index (χ0n) is 13.4. The number of hydrogen-bond donors (Lipinski definition) is 2. The predicted octanol–water partition coefficient (Wildman–Crippen LogP) is 2.55. The number of para-hydroxylation sites is 1. The third-order valence-corrected chi connectivity index (χ3v) is 5.25. The van der Waals surface area contributed by atoms with Crippen LogP contribution in [0.25, 0.3) is 0 Å². The minimum Gasteiger partial charge on any atom is -0.457 e. The number of benzene rings is 2. The normalized spacial score (nSPS) is 17.8. The van der Waals surface area contributed by atoms with E-state index in [0.717, 1.165) is 0 Å². The first kappa shape index (κ1) is 17.2. The maximum Gasteiger partial charge on any atom is 0.242 e. The van der Waals surface area contributed by atoms with Crippen molar-refractivity contribution < 1.29 is 17.9 Å². The van der Waals surface area contributed by atoms with Gasteiger partial charge in [0.1, 0.15) is 17.5 Å². The van der Waals surface area contributed by atoms with E-state index in [9.17, 15) is 13.2 Å². The van der Waals surface area contributed by atoms with Crippen molar-refractivity contribution in [1.29, 1.82) is 0 Å². The molecule has 3 rings (SSSR count). The van der Waals surface area contributed by atoms with Crippen LogP contribution in [0.2, 0.25) is 0 Å². The Kier molecular flexibility index (Phi) is 4.87. The highest BCUT2D eigenvalue weighted by Gasteiger charge is 2.28. The quantitative estimate of drug-likeness (QED) is 0.860. The van der Waals surface area contributed by atoms with Crippen LogP contribution in [0.3, 0.4) is 0 Å². The number of ether oxygens (including phenoxy) is 1. The Labute approximate surface area is 146 Å². The summed E-state index contributed by atoms with van der Waals surface area (Å²) in [5.41, 5.74) is 0.600. The summed E-state index contributed by atoms with van der Waals surface area (Å²) in [5, 5.41) is 2.56. The minimum atomic E-state index is -3.80. The molecule has 1 aliphatic rings. The van der Waals surface area contributed by atoms with Gasteiger partial charge in [0, 0.05) is 5.70 Å². The van der Waals surface area contributed by atoms with E-state index < -0.39 is 16.1 Å². The number of sulfonamides is 1. The third-order valence-electron chi connectivity index (χ3n) is 3.76. The zero-order chi connectivity index (χ0) is 17.9. The molecule has 7 heteroatoms. The summed E-state index contributed by atoms with van der Waals surface area (Å²) >= 11 is 0. The highest BCUT2D eigenvalue weighted by atomic mass is 32.2. The van der Waals surface area contributed by atoms with E-state index in [4.69, 9.17) is 4.74 Å². The summed E-state index contributed by atoms with van der Waals surface area (Å²) in [6, 6.07) is 14.4. The van der Waals surface area contributed by atoms with Crippen LogP contribution >= 0.6 is 0 Å². The van der Waals surface area contributed by atoms with Crippen LogP contribution in [0.1, 0.15) is 12.8 Å². The van der Waals surface area contributed by atoms with E-state index in [2.05, 4.69) is 16.6 Å². The topological polar surface area (TPSA) is 84.5 Å². The number of allylic oxidation sites excluding steroid dienone is 1. The Morgan fingerprint density at radius 2 is 1.68 bits per heavy atom. The van der Waals surface area contributed by atoms with E-state index in [1.807, 2.05) is 30.3 Å². The molecule has 0 aromatic heterocycles. The summed E-state index contributed by atoms with van der Waals surface area (Å²) in [5.74, 6) is 0.802. The van der Waals surface area contributed by atoms with Gasteiger partial charge in [0.05, 0.1) is 4.90 Å². The molecule has 6 nitrogen and oxygen atoms in total. The molecule has 1 saturated heterocycles. The second-order valence-corrected chi connectivity index (χ2v) is 7.41. The Balaban J connectivity index is 1.70. The molecule has 1 atom stereocenters. The van der Waals surface area contributed by atoms with Crippen molar-refractivity contribution in [3.8, 4) is 11.5 Å². The summed E-state index contributed by atoms with van der Waals surface area (Å²) in [4.78, 5) is 11.9. The molecule has 0 bridgehead atoms. The highest BCUT2D eigenvalue weighted by Crippen LogP contribution is 2.23. The molecule has 2 aromatic rings. The van der Waals surface area contributed by atoms with Crippen LogP contribution in [-0.2, 0) is 14.8 Å². The molecule has 0 aliphatic carbocycles. The monoisotopic (exact) mass is 358 g/mol. The smallest absolute Gasteiger partial charge is 0.242 e. The van der Waals surface area contributed by atoms with Crippen molar-refractivity contribution in [2.24, 2.45) is 0 Å². The van der Waals surface area contributed by atoms with Gasteiger partial charge in [0.25, 0.3) is 0 Å². The molecule has 1 fully saturated rings. The first-order valence-electron chi connectivity index (χ1n) is 7.78. The van der Waals surface area contributed by atoms with Gasteiger partial charge in [-0.1, -0.05) is 24.8 Å². The number of amides is 1. The number of piperidine rings is 1. The molecule has 1 unspecified atom stereocenters. The number of nitrogens with one attached hydrogen (secondary N) is 2. The molecule has 1 heterocycles. The van der Waals surface area contributed by atoms with Crippen molar-refractivity contribution >= 4 is 15.9 Å². The molecule has 2 N–H and O–H groups in total. The minimum absolute atomic E-state index is 0.0742. The van der Waals surface area contributed by atoms with Gasteiger partial charge in [-0.3, -0.25) is 4.79 Å². The van der Waals surface area contributed by atoms with Gasteiger partial charge in [-0.15, -0.1) is 0 Å². The SMILES string of the molecule is C=C1CCC(NS(=O)(=O)c2ccc(Oc3ccccc3)cc2)C(=O)N1. The average molecular weight is 358 g/mol. The summed E-state index contributed by atoms with van der Waals surface area (Å²) < 4.78 is 33.0. The van der Waals surface area contributed by atoms with Crippen LogP contribution in [0.4, 0.5) is 0 Å². The van der Waals surface area contributed by atoms with Crippen molar-refractivity contribution in [2.75, 3.05) is 0 Å². The Hall–Kier alpha value is -2.64. The van der Waals surface area contributed by atoms with Gasteiger partial charge in [0.2, 0.25) is 15.9 Å². The second kappa shape index (κ2) is 7.08. The predicted molar refractivity (Wildman–Crippen MR) is 93.6 cm³/mol. The van der Waals surface area contributed by atoms with Crippen LogP contribution in [0.5, 0.6) is 11.5 Å². The lowest BCUT2D eigenvalue weighted by Gasteiger charge is -2.24. The molecular weight excluding hydrogens is 340 g/mol. The van der Waals surface area contributed by atoms with Gasteiger partial charge >= 0.3 is 0 Å². The second-order valence-electron chi connectivity index (χ2n) is 5.69. The first-order chi connectivity index (χ1) is 11.9. The van der Waals surface area contributed by atoms with Gasteiger partial charge in [-0.2, -0.15) is 4.72 Å². The third kappa shape index (κ3) is 4.26. The molecule has 25 heavy (non-hydrogen) atoms. The van der Waals surface area contributed by atoms with E-state index >= 15 is 0 Å². The largest absolute Gasteiger partial charge is 0.457 e. The van der Waals surface area contributed by atoms with E-state index in [1.54, 1.807) is 12.1 Å². The Bertz CT molecular complexity index is 877. The number of rotatable bonds is 5. The number of carbonyl (C=O) groups is 1. The number of hydrogen-bond acceptors (Lipinski definition) is 4. The van der Waals surface area contributed by atoms with E-state index in [0.29, 0.717) is 30.0 Å². The van der Waals surface area contributed by atoms with Crippen LogP contribution < -0.4 is 14.8 Å². The van der Waals surface area contributed by atoms with Crippen molar-refractivity contribution in [3.63, 3.8) is 0 Å². The van der Waals surface area contributed by atoms with Crippen molar-refractivity contribution in [1.82, 2.24) is 10.0 Å². The van der Waals surface area contributed by atoms with Crippen LogP contribution in [0.15, 0.2) is 71.8 Å². The zero-order valence-corrected chi connectivity index (χ0v) is 14.3. The summed E-state index contributed by atoms with van der Waals surface area (Å²) in [7, 11) is -3.80. The summed E-state index contributed by atoms with van der Waals surface area (Å²) in [6.45, 7) is 3.67. The fraction of sp³-hybridized carbons (Fsp3) is 0.167. The number of carbonyl (C=O) groups excluding carboxylic acids is 1. The summed E-state index contributed by atoms with van der Waals surface area (Å²) in [6.07, 6.45) is 0.932. The lowest BCUT2D eigenvalue weighted by Crippen LogP contribution is -2.49. The maximum atomic E-state index is 12.4. The van der Waals surface area contributed by atoms with E-state index in [-0.39, 0.29) is 10.8 Å². The lowest BCUT2D eigenvalue weighted by atomic mass is 10.1. The maximum absolute atomic E-state index is 12.4.